The Balaban J connectivity index is 0.000000175. The first-order valence-corrected chi connectivity index (χ1v) is 19.5. The number of anilines is 2. The summed E-state index contributed by atoms with van der Waals surface area (Å²) in [6.45, 7) is 6.05. The molecule has 292 valence electrons. The van der Waals surface area contributed by atoms with Crippen molar-refractivity contribution in [2.75, 3.05) is 49.1 Å². The van der Waals surface area contributed by atoms with Crippen LogP contribution in [0.2, 0.25) is 0 Å². The molecule has 5 amide bonds. The molecule has 0 saturated carbocycles. The molecule has 0 atom stereocenters. The second kappa shape index (κ2) is 17.1. The van der Waals surface area contributed by atoms with Crippen LogP contribution in [0, 0.1) is 22.7 Å². The smallest absolute Gasteiger partial charge is 0.320 e. The van der Waals surface area contributed by atoms with Gasteiger partial charge in [-0.3, -0.25) is 24.6 Å². The van der Waals surface area contributed by atoms with Gasteiger partial charge in [0.25, 0.3) is 0 Å². The Morgan fingerprint density at radius 2 is 1.14 bits per heavy atom. The van der Waals surface area contributed by atoms with Gasteiger partial charge in [-0.1, -0.05) is 0 Å². The molecule has 2 fully saturated rings. The molecule has 8 rings (SSSR count). The van der Waals surface area contributed by atoms with Crippen molar-refractivity contribution in [2.24, 2.45) is 11.5 Å². The highest BCUT2D eigenvalue weighted by Gasteiger charge is 2.28. The number of urea groups is 2. The van der Waals surface area contributed by atoms with Crippen molar-refractivity contribution in [1.29, 1.82) is 10.5 Å². The van der Waals surface area contributed by atoms with Gasteiger partial charge in [-0.15, -0.1) is 0 Å². The highest BCUT2D eigenvalue weighted by atomic mass is 16.2. The van der Waals surface area contributed by atoms with Crippen LogP contribution in [0.5, 0.6) is 0 Å². The van der Waals surface area contributed by atoms with E-state index in [1.807, 2.05) is 23.2 Å². The Kier molecular flexibility index (Phi) is 11.7. The molecule has 0 bridgehead atoms. The van der Waals surface area contributed by atoms with Gasteiger partial charge in [0, 0.05) is 92.5 Å². The first-order chi connectivity index (χ1) is 27.7. The second-order valence-electron chi connectivity index (χ2n) is 14.9. The fraction of sp³-hybridized carbons (Fsp3) is 0.405. The van der Waals surface area contributed by atoms with Crippen LogP contribution in [0.3, 0.4) is 0 Å². The predicted molar refractivity (Wildman–Crippen MR) is 214 cm³/mol. The van der Waals surface area contributed by atoms with E-state index in [-0.39, 0.29) is 11.8 Å². The summed E-state index contributed by atoms with van der Waals surface area (Å²) in [5.74, 6) is 1.85. The fourth-order valence-electron chi connectivity index (χ4n) is 8.55. The lowest BCUT2D eigenvalue weighted by Crippen LogP contribution is -2.40. The van der Waals surface area contributed by atoms with Crippen molar-refractivity contribution in [3.8, 4) is 34.4 Å². The maximum atomic E-state index is 11.7. The standard InChI is InChI=1S/C22H24N6O2.C20H22N6O/c1-14(29)27-7-4-15(5-8-27)19-12-25-13-20(18(19)10-23)17-9-16-3-2-6-28(22(24)30)21(16)26-11-17;21-9-16-17(13-3-5-23-6-4-13)11-24-12-18(16)15-8-14-2-1-7-26(20(22)27)19(14)25-10-15/h9,11-13,15H,2-8H2,1H3,(H2,24,30);8,10-13,23H,1-7H2,(H2,22,27). The molecule has 0 unspecified atom stereocenters. The number of carbonyl (C=O) groups is 3. The molecule has 4 aliphatic rings. The third kappa shape index (κ3) is 8.11. The summed E-state index contributed by atoms with van der Waals surface area (Å²) in [7, 11) is 0. The molecule has 4 aromatic rings. The number of pyridine rings is 4. The molecule has 8 heterocycles. The van der Waals surface area contributed by atoms with Crippen molar-refractivity contribution in [3.05, 3.63) is 82.7 Å². The number of nitrogens with two attached hydrogens (primary N) is 2. The highest BCUT2D eigenvalue weighted by molar-refractivity contribution is 5.92. The van der Waals surface area contributed by atoms with Crippen LogP contribution in [-0.2, 0) is 17.6 Å². The molecule has 0 aliphatic carbocycles. The van der Waals surface area contributed by atoms with Crippen LogP contribution in [0.25, 0.3) is 22.3 Å². The van der Waals surface area contributed by atoms with E-state index in [1.54, 1.807) is 37.9 Å². The lowest BCUT2D eigenvalue weighted by atomic mass is 9.85. The number of nitrogens with one attached hydrogen (secondary N) is 1. The molecule has 0 aromatic carbocycles. The zero-order valence-electron chi connectivity index (χ0n) is 32.1. The van der Waals surface area contributed by atoms with E-state index in [2.05, 4.69) is 37.4 Å². The largest absolute Gasteiger partial charge is 0.351 e. The Bertz CT molecular complexity index is 2270. The van der Waals surface area contributed by atoms with Crippen LogP contribution in [0.1, 0.15) is 90.7 Å². The SMILES string of the molecule is CC(=O)N1CCC(c2cncc(-c3cnc4c(c3)CCCN4C(N)=O)c2C#N)CC1.N#Cc1c(-c2cnc3c(c2)CCCN3C(N)=O)cncc1C1CCNCC1. The lowest BCUT2D eigenvalue weighted by molar-refractivity contribution is -0.129. The van der Waals surface area contributed by atoms with Gasteiger partial charge < -0.3 is 21.7 Å². The number of likely N-dealkylation sites (tertiary alicyclic amines) is 1. The van der Waals surface area contributed by atoms with Crippen LogP contribution in [0.15, 0.2) is 49.3 Å². The summed E-state index contributed by atoms with van der Waals surface area (Å²) in [4.78, 5) is 57.6. The summed E-state index contributed by atoms with van der Waals surface area (Å²) < 4.78 is 0. The minimum atomic E-state index is -0.505. The van der Waals surface area contributed by atoms with Gasteiger partial charge in [0.05, 0.1) is 11.1 Å². The molecule has 57 heavy (non-hydrogen) atoms. The number of carbonyl (C=O) groups excluding carboxylic acids is 3. The average Bonchev–Trinajstić information content (AvgIpc) is 3.25. The number of rotatable bonds is 4. The Hall–Kier alpha value is -6.45. The van der Waals surface area contributed by atoms with Crippen LogP contribution >= 0.6 is 0 Å². The number of nitrogens with zero attached hydrogens (tertiary/aromatic N) is 9. The van der Waals surface area contributed by atoms with Gasteiger partial charge in [0.1, 0.15) is 23.8 Å². The van der Waals surface area contributed by atoms with E-state index in [0.717, 1.165) is 109 Å². The number of hydrogen-bond acceptors (Lipinski definition) is 10. The molecular formula is C42H46N12O3. The van der Waals surface area contributed by atoms with E-state index in [0.29, 0.717) is 54.9 Å². The molecule has 2 saturated heterocycles. The third-order valence-corrected chi connectivity index (χ3v) is 11.5. The van der Waals surface area contributed by atoms with Gasteiger partial charge in [-0.2, -0.15) is 10.5 Å². The van der Waals surface area contributed by atoms with Crippen LogP contribution in [-0.4, -0.2) is 82.1 Å². The molecule has 15 nitrogen and oxygen atoms in total. The zero-order chi connectivity index (χ0) is 40.1. The van der Waals surface area contributed by atoms with Gasteiger partial charge in [0.2, 0.25) is 5.91 Å². The van der Waals surface area contributed by atoms with Gasteiger partial charge in [-0.05, 0) is 111 Å². The summed E-state index contributed by atoms with van der Waals surface area (Å²) >= 11 is 0. The first kappa shape index (κ1) is 38.8. The van der Waals surface area contributed by atoms with Crippen molar-refractivity contribution >= 4 is 29.6 Å². The molecule has 0 radical (unpaired) electrons. The quantitative estimate of drug-likeness (QED) is 0.255. The maximum absolute atomic E-state index is 11.7. The van der Waals surface area contributed by atoms with Crippen molar-refractivity contribution in [2.45, 2.75) is 70.1 Å². The van der Waals surface area contributed by atoms with E-state index < -0.39 is 12.1 Å². The fourth-order valence-corrected chi connectivity index (χ4v) is 8.55. The number of primary amides is 2. The van der Waals surface area contributed by atoms with Gasteiger partial charge in [-0.25, -0.2) is 19.6 Å². The Morgan fingerprint density at radius 3 is 1.56 bits per heavy atom. The Labute approximate surface area is 331 Å². The van der Waals surface area contributed by atoms with Crippen molar-refractivity contribution in [1.82, 2.24) is 30.2 Å². The number of aryl methyl sites for hydroxylation is 2. The van der Waals surface area contributed by atoms with E-state index in [4.69, 9.17) is 11.5 Å². The lowest BCUT2D eigenvalue weighted by Gasteiger charge is -2.32. The first-order valence-electron chi connectivity index (χ1n) is 19.5. The molecule has 4 aliphatic heterocycles. The summed E-state index contributed by atoms with van der Waals surface area (Å²) in [6, 6.07) is 7.77. The number of fused-ring (bicyclic) bond motifs is 2. The number of nitriles is 2. The summed E-state index contributed by atoms with van der Waals surface area (Å²) in [6.07, 6.45) is 17.4. The van der Waals surface area contributed by atoms with Crippen molar-refractivity contribution < 1.29 is 14.4 Å². The van der Waals surface area contributed by atoms with E-state index in [9.17, 15) is 24.9 Å². The highest BCUT2D eigenvalue weighted by Crippen LogP contribution is 2.37. The van der Waals surface area contributed by atoms with Crippen LogP contribution in [0.4, 0.5) is 21.2 Å². The van der Waals surface area contributed by atoms with Crippen molar-refractivity contribution in [3.63, 3.8) is 0 Å². The monoisotopic (exact) mass is 766 g/mol. The number of amides is 5. The van der Waals surface area contributed by atoms with Gasteiger partial charge in [0.15, 0.2) is 0 Å². The number of piperidine rings is 2. The molecule has 15 heteroatoms. The molecule has 0 spiro atoms. The average molecular weight is 767 g/mol. The normalized spacial score (nSPS) is 16.9. The Morgan fingerprint density at radius 1 is 0.684 bits per heavy atom. The predicted octanol–water partition coefficient (Wildman–Crippen LogP) is 4.89. The molecule has 4 aromatic heterocycles. The summed E-state index contributed by atoms with van der Waals surface area (Å²) in [5.41, 5.74) is 19.3. The molecule has 5 N–H and O–H groups in total. The zero-order valence-corrected chi connectivity index (χ0v) is 32.1. The van der Waals surface area contributed by atoms with Gasteiger partial charge >= 0.3 is 12.1 Å². The number of hydrogen-bond donors (Lipinski definition) is 3. The minimum absolute atomic E-state index is 0.0889. The van der Waals surface area contributed by atoms with E-state index >= 15 is 0 Å². The molecular weight excluding hydrogens is 721 g/mol. The van der Waals surface area contributed by atoms with E-state index in [1.165, 1.54) is 9.80 Å². The third-order valence-electron chi connectivity index (χ3n) is 11.5. The van der Waals surface area contributed by atoms with Crippen LogP contribution < -0.4 is 26.6 Å². The summed E-state index contributed by atoms with van der Waals surface area (Å²) in [5, 5.41) is 23.2. The minimum Gasteiger partial charge on any atom is -0.351 e. The second-order valence-corrected chi connectivity index (χ2v) is 14.9. The maximum Gasteiger partial charge on any atom is 0.320 e. The number of aromatic nitrogens is 4. The topological polar surface area (TPSA) is 224 Å².